The van der Waals surface area contributed by atoms with Crippen LogP contribution in [0.4, 0.5) is 5.69 Å². The highest BCUT2D eigenvalue weighted by Gasteiger charge is 2.30. The van der Waals surface area contributed by atoms with E-state index in [1.54, 1.807) is 12.1 Å². The molecule has 1 aromatic heterocycles. The zero-order valence-electron chi connectivity index (χ0n) is 13.1. The number of nitrogens with zero attached hydrogens (tertiary/aromatic N) is 2. The van der Waals surface area contributed by atoms with E-state index < -0.39 is 0 Å². The lowest BCUT2D eigenvalue weighted by Gasteiger charge is -2.40. The van der Waals surface area contributed by atoms with E-state index in [0.717, 1.165) is 25.9 Å². The normalized spacial score (nSPS) is 18.9. The Labute approximate surface area is 150 Å². The van der Waals surface area contributed by atoms with Crippen LogP contribution in [-0.2, 0) is 6.42 Å². The van der Waals surface area contributed by atoms with Crippen molar-refractivity contribution < 1.29 is 4.79 Å². The van der Waals surface area contributed by atoms with Gasteiger partial charge < -0.3 is 10.2 Å². The zero-order chi connectivity index (χ0) is 16.7. The molecule has 2 aliphatic rings. The summed E-state index contributed by atoms with van der Waals surface area (Å²) in [6, 6.07) is 9.48. The molecule has 0 bridgehead atoms. The van der Waals surface area contributed by atoms with Gasteiger partial charge in [-0.25, -0.2) is 4.98 Å². The number of para-hydroxylation sites is 1. The van der Waals surface area contributed by atoms with Gasteiger partial charge in [0.05, 0.1) is 6.04 Å². The van der Waals surface area contributed by atoms with Gasteiger partial charge in [0, 0.05) is 24.3 Å². The number of carbonyl (C=O) groups excluding carboxylic acids is 1. The fourth-order valence-electron chi connectivity index (χ4n) is 3.70. The molecule has 6 heteroatoms. The minimum Gasteiger partial charge on any atom is -0.371 e. The Morgan fingerprint density at radius 3 is 2.79 bits per heavy atom. The van der Waals surface area contributed by atoms with Crippen LogP contribution >= 0.6 is 23.2 Å². The van der Waals surface area contributed by atoms with E-state index in [1.165, 1.54) is 23.2 Å². The summed E-state index contributed by atoms with van der Waals surface area (Å²) in [4.78, 5) is 18.9. The highest BCUT2D eigenvalue weighted by atomic mass is 35.5. The monoisotopic (exact) mass is 361 g/mol. The van der Waals surface area contributed by atoms with E-state index in [1.807, 2.05) is 0 Å². The first-order chi connectivity index (χ1) is 11.6. The van der Waals surface area contributed by atoms with Crippen LogP contribution in [0.15, 0.2) is 30.3 Å². The maximum Gasteiger partial charge on any atom is 0.251 e. The number of pyridine rings is 1. The lowest BCUT2D eigenvalue weighted by Crippen LogP contribution is -2.40. The summed E-state index contributed by atoms with van der Waals surface area (Å²) in [6.07, 6.45) is 3.20. The maximum atomic E-state index is 12.6. The molecule has 0 radical (unpaired) electrons. The third-order valence-electron chi connectivity index (χ3n) is 4.73. The molecule has 124 valence electrons. The summed E-state index contributed by atoms with van der Waals surface area (Å²) in [7, 11) is 0. The van der Waals surface area contributed by atoms with Crippen molar-refractivity contribution >= 4 is 34.8 Å². The number of aromatic nitrogens is 1. The number of hydrogen-bond donors (Lipinski definition) is 1. The first kappa shape index (κ1) is 15.7. The van der Waals surface area contributed by atoms with Crippen LogP contribution in [0.25, 0.3) is 0 Å². The van der Waals surface area contributed by atoms with Crippen molar-refractivity contribution in [1.29, 1.82) is 0 Å². The standard InChI is InChI=1S/C18H17Cl2N3O/c19-15-9-12(10-16(20)22-15)18(24)21-14-6-8-23-7-2-4-11-3-1-5-13(14)17(11)23/h1,3,5,9-10,14H,2,4,6-8H2,(H,21,24)/t14-/m1/s1. The maximum absolute atomic E-state index is 12.6. The molecule has 4 nitrogen and oxygen atoms in total. The van der Waals surface area contributed by atoms with Crippen molar-refractivity contribution in [3.05, 3.63) is 57.3 Å². The lowest BCUT2D eigenvalue weighted by atomic mass is 9.89. The number of amides is 1. The van der Waals surface area contributed by atoms with Crippen molar-refractivity contribution in [3.63, 3.8) is 0 Å². The molecule has 0 aliphatic carbocycles. The molecule has 0 fully saturated rings. The quantitative estimate of drug-likeness (QED) is 0.821. The Kier molecular flexibility index (Phi) is 4.10. The second-order valence-corrected chi connectivity index (χ2v) is 7.04. The van der Waals surface area contributed by atoms with Gasteiger partial charge in [-0.05, 0) is 42.5 Å². The van der Waals surface area contributed by atoms with Crippen LogP contribution < -0.4 is 10.2 Å². The molecular formula is C18H17Cl2N3O. The minimum absolute atomic E-state index is 0.00696. The predicted octanol–water partition coefficient (Wildman–Crippen LogP) is 4.02. The number of rotatable bonds is 2. The smallest absolute Gasteiger partial charge is 0.251 e. The largest absolute Gasteiger partial charge is 0.371 e. The van der Waals surface area contributed by atoms with Gasteiger partial charge in [0.1, 0.15) is 10.3 Å². The van der Waals surface area contributed by atoms with Crippen molar-refractivity contribution in [2.45, 2.75) is 25.3 Å². The third kappa shape index (κ3) is 2.85. The van der Waals surface area contributed by atoms with Gasteiger partial charge in [-0.15, -0.1) is 0 Å². The molecule has 0 unspecified atom stereocenters. The number of carbonyl (C=O) groups is 1. The fraction of sp³-hybridized carbons (Fsp3) is 0.333. The van der Waals surface area contributed by atoms with E-state index in [0.29, 0.717) is 5.56 Å². The van der Waals surface area contributed by atoms with Crippen molar-refractivity contribution in [2.75, 3.05) is 18.0 Å². The van der Waals surface area contributed by atoms with E-state index in [2.05, 4.69) is 33.4 Å². The van der Waals surface area contributed by atoms with Crippen molar-refractivity contribution in [1.82, 2.24) is 10.3 Å². The molecular weight excluding hydrogens is 345 g/mol. The van der Waals surface area contributed by atoms with Crippen molar-refractivity contribution in [3.8, 4) is 0 Å². The first-order valence-corrected chi connectivity index (χ1v) is 8.88. The summed E-state index contributed by atoms with van der Waals surface area (Å²) in [5.74, 6) is -0.173. The molecule has 1 N–H and O–H groups in total. The molecule has 24 heavy (non-hydrogen) atoms. The average Bonchev–Trinajstić information content (AvgIpc) is 2.57. The Hall–Kier alpha value is -1.78. The molecule has 2 aromatic rings. The molecule has 0 saturated heterocycles. The molecule has 3 heterocycles. The van der Waals surface area contributed by atoms with Crippen LogP contribution in [0.5, 0.6) is 0 Å². The fourth-order valence-corrected chi connectivity index (χ4v) is 4.16. The molecule has 2 aliphatic heterocycles. The number of hydrogen-bond acceptors (Lipinski definition) is 3. The Balaban J connectivity index is 1.63. The van der Waals surface area contributed by atoms with Crippen LogP contribution in [-0.4, -0.2) is 24.0 Å². The summed E-state index contributed by atoms with van der Waals surface area (Å²) >= 11 is 11.8. The van der Waals surface area contributed by atoms with E-state index in [4.69, 9.17) is 23.2 Å². The molecule has 0 saturated carbocycles. The second kappa shape index (κ2) is 6.26. The van der Waals surface area contributed by atoms with E-state index >= 15 is 0 Å². The van der Waals surface area contributed by atoms with Gasteiger partial charge >= 0.3 is 0 Å². The molecule has 1 amide bonds. The molecule has 0 spiro atoms. The number of anilines is 1. The van der Waals surface area contributed by atoms with Gasteiger partial charge in [0.2, 0.25) is 0 Å². The van der Waals surface area contributed by atoms with Gasteiger partial charge in [-0.2, -0.15) is 0 Å². The van der Waals surface area contributed by atoms with Crippen LogP contribution in [0.3, 0.4) is 0 Å². The van der Waals surface area contributed by atoms with Gasteiger partial charge in [0.15, 0.2) is 0 Å². The third-order valence-corrected chi connectivity index (χ3v) is 5.12. The number of aryl methyl sites for hydroxylation is 1. The first-order valence-electron chi connectivity index (χ1n) is 8.12. The predicted molar refractivity (Wildman–Crippen MR) is 96.1 cm³/mol. The highest BCUT2D eigenvalue weighted by molar-refractivity contribution is 6.33. The minimum atomic E-state index is -0.173. The van der Waals surface area contributed by atoms with Crippen LogP contribution in [0.2, 0.25) is 10.3 Å². The number of nitrogens with one attached hydrogen (secondary N) is 1. The van der Waals surface area contributed by atoms with Gasteiger partial charge in [-0.3, -0.25) is 4.79 Å². The Morgan fingerprint density at radius 2 is 2.00 bits per heavy atom. The Bertz CT molecular complexity index is 789. The average molecular weight is 362 g/mol. The van der Waals surface area contributed by atoms with Crippen molar-refractivity contribution in [2.24, 2.45) is 0 Å². The highest BCUT2D eigenvalue weighted by Crippen LogP contribution is 2.39. The van der Waals surface area contributed by atoms with Gasteiger partial charge in [-0.1, -0.05) is 41.4 Å². The SMILES string of the molecule is O=C(N[C@@H]1CCN2CCCc3cccc1c32)c1cc(Cl)nc(Cl)c1. The van der Waals surface area contributed by atoms with E-state index in [9.17, 15) is 4.79 Å². The summed E-state index contributed by atoms with van der Waals surface area (Å²) < 4.78 is 0. The lowest BCUT2D eigenvalue weighted by molar-refractivity contribution is 0.0934. The van der Waals surface area contributed by atoms with Crippen LogP contribution in [0.1, 0.15) is 40.4 Å². The summed E-state index contributed by atoms with van der Waals surface area (Å²) in [6.45, 7) is 2.06. The second-order valence-electron chi connectivity index (χ2n) is 6.26. The zero-order valence-corrected chi connectivity index (χ0v) is 14.6. The molecule has 4 rings (SSSR count). The number of halogens is 2. The topological polar surface area (TPSA) is 45.2 Å². The summed E-state index contributed by atoms with van der Waals surface area (Å²) in [5.41, 5.74) is 4.34. The van der Waals surface area contributed by atoms with Crippen LogP contribution in [0, 0.1) is 0 Å². The molecule has 1 aromatic carbocycles. The molecule has 1 atom stereocenters. The summed E-state index contributed by atoms with van der Waals surface area (Å²) in [5, 5.41) is 3.57. The number of benzene rings is 1. The van der Waals surface area contributed by atoms with E-state index in [-0.39, 0.29) is 22.3 Å². The van der Waals surface area contributed by atoms with Gasteiger partial charge in [0.25, 0.3) is 5.91 Å². The Morgan fingerprint density at radius 1 is 1.21 bits per heavy atom.